The summed E-state index contributed by atoms with van der Waals surface area (Å²) >= 11 is 3.49. The van der Waals surface area contributed by atoms with Gasteiger partial charge in [0.2, 0.25) is 5.91 Å². The van der Waals surface area contributed by atoms with Gasteiger partial charge in [0.15, 0.2) is 0 Å². The van der Waals surface area contributed by atoms with Crippen molar-refractivity contribution in [3.63, 3.8) is 0 Å². The third kappa shape index (κ3) is 1.95. The van der Waals surface area contributed by atoms with Gasteiger partial charge < -0.3 is 4.90 Å². The lowest BCUT2D eigenvalue weighted by Gasteiger charge is -2.41. The van der Waals surface area contributed by atoms with Crippen LogP contribution in [0.5, 0.6) is 0 Å². The number of piperazine rings is 1. The first-order valence-electron chi connectivity index (χ1n) is 6.90. The van der Waals surface area contributed by atoms with E-state index in [-0.39, 0.29) is 17.9 Å². The van der Waals surface area contributed by atoms with Crippen LogP contribution in [0.2, 0.25) is 0 Å². The van der Waals surface area contributed by atoms with Crippen molar-refractivity contribution in [3.05, 3.63) is 28.2 Å². The van der Waals surface area contributed by atoms with Crippen LogP contribution in [0.1, 0.15) is 25.3 Å². The van der Waals surface area contributed by atoms with E-state index in [1.54, 1.807) is 9.80 Å². The molecule has 106 valence electrons. The highest BCUT2D eigenvalue weighted by molar-refractivity contribution is 9.10. The number of benzene rings is 1. The highest BCUT2D eigenvalue weighted by atomic mass is 79.9. The van der Waals surface area contributed by atoms with Gasteiger partial charge >= 0.3 is 0 Å². The molecule has 1 aromatic rings. The molecule has 2 fully saturated rings. The number of amides is 2. The van der Waals surface area contributed by atoms with Gasteiger partial charge in [-0.15, -0.1) is 0 Å². The van der Waals surface area contributed by atoms with E-state index in [0.717, 1.165) is 28.6 Å². The number of carbonyl (C=O) groups is 2. The van der Waals surface area contributed by atoms with Crippen LogP contribution < -0.4 is 4.90 Å². The fourth-order valence-electron chi connectivity index (χ4n) is 3.12. The van der Waals surface area contributed by atoms with Gasteiger partial charge in [-0.25, -0.2) is 0 Å². The molecule has 0 aromatic heterocycles. The summed E-state index contributed by atoms with van der Waals surface area (Å²) in [5.74, 6) is 0.0985. The number of aryl methyl sites for hydroxylation is 1. The number of nitrogens with zero attached hydrogens (tertiary/aromatic N) is 2. The molecular weight excluding hydrogens is 320 g/mol. The van der Waals surface area contributed by atoms with Crippen LogP contribution >= 0.6 is 15.9 Å². The van der Waals surface area contributed by atoms with Crippen molar-refractivity contribution < 1.29 is 9.59 Å². The lowest BCUT2D eigenvalue weighted by Crippen LogP contribution is -2.62. The molecule has 0 radical (unpaired) electrons. The summed E-state index contributed by atoms with van der Waals surface area (Å²) in [5, 5.41) is 0. The molecule has 4 nitrogen and oxygen atoms in total. The lowest BCUT2D eigenvalue weighted by molar-refractivity contribution is -0.143. The predicted octanol–water partition coefficient (Wildman–Crippen LogP) is 2.48. The second kappa shape index (κ2) is 4.88. The second-order valence-electron chi connectivity index (χ2n) is 5.53. The van der Waals surface area contributed by atoms with Crippen molar-refractivity contribution in [2.45, 2.75) is 38.8 Å². The molecule has 2 heterocycles. The summed E-state index contributed by atoms with van der Waals surface area (Å²) in [7, 11) is 0. The molecular formula is C15H17BrN2O2. The number of fused-ring (bicyclic) bond motifs is 1. The third-order valence-electron chi connectivity index (χ3n) is 4.16. The molecule has 0 saturated carbocycles. The Balaban J connectivity index is 2.05. The van der Waals surface area contributed by atoms with Gasteiger partial charge in [0.05, 0.1) is 5.69 Å². The average molecular weight is 337 g/mol. The molecule has 20 heavy (non-hydrogen) atoms. The van der Waals surface area contributed by atoms with Crippen LogP contribution in [0.25, 0.3) is 0 Å². The number of carbonyl (C=O) groups excluding carboxylic acids is 2. The van der Waals surface area contributed by atoms with Crippen molar-refractivity contribution in [3.8, 4) is 0 Å². The van der Waals surface area contributed by atoms with E-state index in [4.69, 9.17) is 0 Å². The summed E-state index contributed by atoms with van der Waals surface area (Å²) in [6.45, 7) is 4.50. The number of hydrogen-bond acceptors (Lipinski definition) is 2. The SMILES string of the molecule is Cc1ccc(Br)c(N2C(=O)C3CCCN3C(=O)C2C)c1. The van der Waals surface area contributed by atoms with E-state index in [9.17, 15) is 9.59 Å². The zero-order valence-corrected chi connectivity index (χ0v) is 13.2. The third-order valence-corrected chi connectivity index (χ3v) is 4.83. The van der Waals surface area contributed by atoms with Gasteiger partial charge in [-0.05, 0) is 60.3 Å². The first-order chi connectivity index (χ1) is 9.50. The number of halogens is 1. The minimum absolute atomic E-state index is 0.0425. The fourth-order valence-corrected chi connectivity index (χ4v) is 3.56. The molecule has 2 aliphatic rings. The van der Waals surface area contributed by atoms with E-state index in [2.05, 4.69) is 15.9 Å². The minimum Gasteiger partial charge on any atom is -0.329 e. The zero-order valence-electron chi connectivity index (χ0n) is 11.6. The Bertz CT molecular complexity index is 587. The molecule has 1 aromatic carbocycles. The molecule has 3 rings (SSSR count). The first kappa shape index (κ1) is 13.6. The molecule has 2 unspecified atom stereocenters. The fraction of sp³-hybridized carbons (Fsp3) is 0.467. The Kier molecular flexibility index (Phi) is 3.32. The summed E-state index contributed by atoms with van der Waals surface area (Å²) in [6.07, 6.45) is 1.69. The van der Waals surface area contributed by atoms with Crippen molar-refractivity contribution in [2.75, 3.05) is 11.4 Å². The van der Waals surface area contributed by atoms with Crippen LogP contribution in [0.15, 0.2) is 22.7 Å². The summed E-state index contributed by atoms with van der Waals surface area (Å²) in [5.41, 5.74) is 1.87. The molecule has 0 N–H and O–H groups in total. The highest BCUT2D eigenvalue weighted by Crippen LogP contribution is 2.35. The van der Waals surface area contributed by atoms with Gasteiger partial charge in [-0.3, -0.25) is 14.5 Å². The summed E-state index contributed by atoms with van der Waals surface area (Å²) < 4.78 is 0.850. The van der Waals surface area contributed by atoms with E-state index in [0.29, 0.717) is 6.54 Å². The molecule has 0 bridgehead atoms. The molecule has 2 amide bonds. The van der Waals surface area contributed by atoms with Crippen LogP contribution in [0.3, 0.4) is 0 Å². The Labute approximate surface area is 126 Å². The molecule has 0 spiro atoms. The quantitative estimate of drug-likeness (QED) is 0.790. The van der Waals surface area contributed by atoms with E-state index < -0.39 is 6.04 Å². The van der Waals surface area contributed by atoms with Crippen molar-refractivity contribution in [1.82, 2.24) is 4.90 Å². The largest absolute Gasteiger partial charge is 0.329 e. The summed E-state index contributed by atoms with van der Waals surface area (Å²) in [6, 6.07) is 5.16. The van der Waals surface area contributed by atoms with Crippen LogP contribution in [0, 0.1) is 6.92 Å². The van der Waals surface area contributed by atoms with E-state index in [1.165, 1.54) is 0 Å². The maximum Gasteiger partial charge on any atom is 0.250 e. The summed E-state index contributed by atoms with van der Waals surface area (Å²) in [4.78, 5) is 28.6. The normalized spacial score (nSPS) is 26.1. The molecule has 5 heteroatoms. The Morgan fingerprint density at radius 1 is 1.25 bits per heavy atom. The van der Waals surface area contributed by atoms with Crippen LogP contribution in [-0.4, -0.2) is 35.3 Å². The van der Waals surface area contributed by atoms with E-state index >= 15 is 0 Å². The van der Waals surface area contributed by atoms with Gasteiger partial charge in [-0.1, -0.05) is 6.07 Å². The van der Waals surface area contributed by atoms with Crippen molar-refractivity contribution in [1.29, 1.82) is 0 Å². The van der Waals surface area contributed by atoms with Crippen molar-refractivity contribution in [2.24, 2.45) is 0 Å². The average Bonchev–Trinajstić information content (AvgIpc) is 2.90. The monoisotopic (exact) mass is 336 g/mol. The first-order valence-corrected chi connectivity index (χ1v) is 7.69. The second-order valence-corrected chi connectivity index (χ2v) is 6.38. The topological polar surface area (TPSA) is 40.6 Å². The Hall–Kier alpha value is -1.36. The smallest absolute Gasteiger partial charge is 0.250 e. The maximum atomic E-state index is 12.7. The number of rotatable bonds is 1. The predicted molar refractivity (Wildman–Crippen MR) is 80.6 cm³/mol. The van der Waals surface area contributed by atoms with Gasteiger partial charge in [0.1, 0.15) is 12.1 Å². The van der Waals surface area contributed by atoms with Gasteiger partial charge in [0, 0.05) is 11.0 Å². The van der Waals surface area contributed by atoms with Crippen LogP contribution in [0.4, 0.5) is 5.69 Å². The zero-order chi connectivity index (χ0) is 14.4. The molecule has 2 saturated heterocycles. The van der Waals surface area contributed by atoms with Gasteiger partial charge in [0.25, 0.3) is 5.91 Å². The molecule has 2 aliphatic heterocycles. The minimum atomic E-state index is -0.435. The molecule has 2 atom stereocenters. The van der Waals surface area contributed by atoms with Crippen molar-refractivity contribution >= 4 is 33.4 Å². The Morgan fingerprint density at radius 3 is 2.75 bits per heavy atom. The van der Waals surface area contributed by atoms with E-state index in [1.807, 2.05) is 32.0 Å². The maximum absolute atomic E-state index is 12.7. The lowest BCUT2D eigenvalue weighted by atomic mass is 10.0. The highest BCUT2D eigenvalue weighted by Gasteiger charge is 2.46. The van der Waals surface area contributed by atoms with Gasteiger partial charge in [-0.2, -0.15) is 0 Å². The Morgan fingerprint density at radius 2 is 2.00 bits per heavy atom. The standard InChI is InChI=1S/C15H17BrN2O2/c1-9-5-6-11(16)13(8-9)18-10(2)14(19)17-7-3-4-12(17)15(18)20/h5-6,8,10,12H,3-4,7H2,1-2H3. The number of anilines is 1. The number of hydrogen-bond donors (Lipinski definition) is 0. The van der Waals surface area contributed by atoms with Crippen LogP contribution in [-0.2, 0) is 9.59 Å². The molecule has 0 aliphatic carbocycles.